The van der Waals surface area contributed by atoms with Crippen LogP contribution in [0.25, 0.3) is 0 Å². The van der Waals surface area contributed by atoms with Crippen molar-refractivity contribution >= 4 is 11.8 Å². The molecule has 0 aromatic rings. The van der Waals surface area contributed by atoms with Gasteiger partial charge in [0, 0.05) is 12.5 Å². The van der Waals surface area contributed by atoms with Crippen LogP contribution in [0.1, 0.15) is 70.6 Å². The van der Waals surface area contributed by atoms with Crippen LogP contribution in [0, 0.1) is 5.41 Å². The average Bonchev–Trinajstić information content (AvgIpc) is 2.60. The van der Waals surface area contributed by atoms with Crippen molar-refractivity contribution in [3.63, 3.8) is 0 Å². The van der Waals surface area contributed by atoms with Crippen molar-refractivity contribution in [1.29, 1.82) is 0 Å². The molecule has 1 saturated heterocycles. The van der Waals surface area contributed by atoms with E-state index in [-0.39, 0.29) is 29.4 Å². The number of hydrogen-bond acceptors (Lipinski definition) is 3. The highest BCUT2D eigenvalue weighted by molar-refractivity contribution is 6.06. The zero-order valence-electron chi connectivity index (χ0n) is 12.1. The first kappa shape index (κ1) is 14.1. The molecular formula is C16H25NO3. The van der Waals surface area contributed by atoms with E-state index in [9.17, 15) is 14.7 Å². The number of imide groups is 1. The van der Waals surface area contributed by atoms with Crippen molar-refractivity contribution in [3.8, 4) is 0 Å². The van der Waals surface area contributed by atoms with Gasteiger partial charge in [-0.2, -0.15) is 0 Å². The molecule has 3 fully saturated rings. The Morgan fingerprint density at radius 2 is 1.55 bits per heavy atom. The van der Waals surface area contributed by atoms with E-state index in [4.69, 9.17) is 0 Å². The molecule has 2 amide bonds. The summed E-state index contributed by atoms with van der Waals surface area (Å²) in [4.78, 5) is 26.8. The third-order valence-electron chi connectivity index (χ3n) is 5.52. The first-order valence-electron chi connectivity index (χ1n) is 8.17. The maximum Gasteiger partial charge on any atom is 0.236 e. The Balaban J connectivity index is 1.76. The lowest BCUT2D eigenvalue weighted by Crippen LogP contribution is -2.44. The molecule has 4 nitrogen and oxygen atoms in total. The fourth-order valence-corrected chi connectivity index (χ4v) is 4.30. The summed E-state index contributed by atoms with van der Waals surface area (Å²) < 4.78 is 0. The predicted molar refractivity (Wildman–Crippen MR) is 74.9 cm³/mol. The molecule has 1 aliphatic heterocycles. The number of likely N-dealkylation sites (tertiary alicyclic amines) is 1. The lowest BCUT2D eigenvalue weighted by Gasteiger charge is -2.33. The van der Waals surface area contributed by atoms with Gasteiger partial charge in [-0.1, -0.05) is 25.7 Å². The molecule has 0 aromatic carbocycles. The van der Waals surface area contributed by atoms with E-state index < -0.39 is 0 Å². The largest absolute Gasteiger partial charge is 0.393 e. The summed E-state index contributed by atoms with van der Waals surface area (Å²) in [7, 11) is 0. The second-order valence-electron chi connectivity index (χ2n) is 6.90. The third kappa shape index (κ3) is 2.39. The van der Waals surface area contributed by atoms with Crippen LogP contribution in [0.5, 0.6) is 0 Å². The monoisotopic (exact) mass is 279 g/mol. The van der Waals surface area contributed by atoms with Gasteiger partial charge in [0.1, 0.15) is 0 Å². The minimum absolute atomic E-state index is 0.0401. The second kappa shape index (κ2) is 5.47. The maximum absolute atomic E-state index is 12.9. The molecule has 0 aromatic heterocycles. The van der Waals surface area contributed by atoms with Crippen molar-refractivity contribution in [2.24, 2.45) is 5.41 Å². The van der Waals surface area contributed by atoms with Gasteiger partial charge < -0.3 is 5.11 Å². The summed E-state index contributed by atoms with van der Waals surface area (Å²) in [5.74, 6) is 0.143. The van der Waals surface area contributed by atoms with Crippen LogP contribution < -0.4 is 0 Å². The van der Waals surface area contributed by atoms with E-state index in [2.05, 4.69) is 0 Å². The Morgan fingerprint density at radius 1 is 0.950 bits per heavy atom. The molecule has 0 radical (unpaired) electrons. The zero-order valence-corrected chi connectivity index (χ0v) is 12.1. The molecule has 112 valence electrons. The van der Waals surface area contributed by atoms with E-state index in [0.29, 0.717) is 19.3 Å². The van der Waals surface area contributed by atoms with Gasteiger partial charge in [0.05, 0.1) is 11.5 Å². The number of hydrogen-bond donors (Lipinski definition) is 1. The smallest absolute Gasteiger partial charge is 0.236 e. The summed E-state index contributed by atoms with van der Waals surface area (Å²) in [5.41, 5.74) is -0.371. The van der Waals surface area contributed by atoms with Gasteiger partial charge in [-0.05, 0) is 38.5 Å². The molecule has 3 rings (SSSR count). The molecule has 0 unspecified atom stereocenters. The summed E-state index contributed by atoms with van der Waals surface area (Å²) >= 11 is 0. The Labute approximate surface area is 120 Å². The number of aliphatic hydroxyl groups excluding tert-OH is 1. The van der Waals surface area contributed by atoms with E-state index in [1.807, 2.05) is 0 Å². The lowest BCUT2D eigenvalue weighted by atomic mass is 9.79. The lowest BCUT2D eigenvalue weighted by molar-refractivity contribution is -0.145. The van der Waals surface area contributed by atoms with E-state index >= 15 is 0 Å². The van der Waals surface area contributed by atoms with Crippen molar-refractivity contribution in [1.82, 2.24) is 4.90 Å². The number of aliphatic hydroxyl groups is 1. The quantitative estimate of drug-likeness (QED) is 0.750. The second-order valence-corrected chi connectivity index (χ2v) is 6.90. The van der Waals surface area contributed by atoms with Gasteiger partial charge in [0.15, 0.2) is 0 Å². The summed E-state index contributed by atoms with van der Waals surface area (Å²) in [5, 5.41) is 9.59. The SMILES string of the molecule is O=C1CC2(CCCCCC2)C(=O)N1C1CCC(O)CC1. The van der Waals surface area contributed by atoms with Crippen molar-refractivity contribution in [2.75, 3.05) is 0 Å². The third-order valence-corrected chi connectivity index (χ3v) is 5.52. The highest BCUT2D eigenvalue weighted by atomic mass is 16.3. The van der Waals surface area contributed by atoms with E-state index in [1.54, 1.807) is 4.90 Å². The molecule has 20 heavy (non-hydrogen) atoms. The van der Waals surface area contributed by atoms with Crippen LogP contribution in [0.15, 0.2) is 0 Å². The van der Waals surface area contributed by atoms with Crippen LogP contribution >= 0.6 is 0 Å². The van der Waals surface area contributed by atoms with E-state index in [1.165, 1.54) is 12.8 Å². The summed E-state index contributed by atoms with van der Waals surface area (Å²) in [6.07, 6.45) is 9.50. The highest BCUT2D eigenvalue weighted by Gasteiger charge is 2.52. The minimum Gasteiger partial charge on any atom is -0.393 e. The van der Waals surface area contributed by atoms with Crippen LogP contribution in [0.4, 0.5) is 0 Å². The van der Waals surface area contributed by atoms with Crippen LogP contribution in [-0.2, 0) is 9.59 Å². The van der Waals surface area contributed by atoms with Gasteiger partial charge in [0.25, 0.3) is 0 Å². The summed E-state index contributed by atoms with van der Waals surface area (Å²) in [6.45, 7) is 0. The maximum atomic E-state index is 12.9. The number of rotatable bonds is 1. The molecular weight excluding hydrogens is 254 g/mol. The van der Waals surface area contributed by atoms with Crippen molar-refractivity contribution in [2.45, 2.75) is 82.8 Å². The molecule has 0 bridgehead atoms. The standard InChI is InChI=1S/C16H25NO3/c18-13-7-5-12(6-8-13)17-14(19)11-16(15(17)20)9-3-1-2-4-10-16/h12-13,18H,1-11H2. The molecule has 0 atom stereocenters. The Hall–Kier alpha value is -0.900. The Bertz CT molecular complexity index is 391. The summed E-state index contributed by atoms with van der Waals surface area (Å²) in [6, 6.07) is 0.0426. The van der Waals surface area contributed by atoms with Crippen molar-refractivity contribution in [3.05, 3.63) is 0 Å². The van der Waals surface area contributed by atoms with Gasteiger partial charge in [-0.25, -0.2) is 0 Å². The number of amides is 2. The topological polar surface area (TPSA) is 57.6 Å². The van der Waals surface area contributed by atoms with Crippen molar-refractivity contribution < 1.29 is 14.7 Å². The molecule has 3 aliphatic rings. The average molecular weight is 279 g/mol. The van der Waals surface area contributed by atoms with Crippen LogP contribution in [-0.4, -0.2) is 34.0 Å². The highest BCUT2D eigenvalue weighted by Crippen LogP contribution is 2.46. The number of nitrogens with zero attached hydrogens (tertiary/aromatic N) is 1. The predicted octanol–water partition coefficient (Wildman–Crippen LogP) is 2.39. The first-order valence-corrected chi connectivity index (χ1v) is 8.17. The van der Waals surface area contributed by atoms with Gasteiger partial charge in [-0.3, -0.25) is 14.5 Å². The molecule has 2 aliphatic carbocycles. The van der Waals surface area contributed by atoms with Gasteiger partial charge >= 0.3 is 0 Å². The minimum atomic E-state index is -0.371. The molecule has 1 heterocycles. The Kier molecular flexibility index (Phi) is 3.85. The molecule has 4 heteroatoms. The normalized spacial score (nSPS) is 34.5. The molecule has 1 N–H and O–H groups in total. The number of carbonyl (C=O) groups excluding carboxylic acids is 2. The fraction of sp³-hybridized carbons (Fsp3) is 0.875. The zero-order chi connectivity index (χ0) is 14.2. The molecule has 2 saturated carbocycles. The number of carbonyl (C=O) groups is 2. The fourth-order valence-electron chi connectivity index (χ4n) is 4.30. The molecule has 1 spiro atoms. The van der Waals surface area contributed by atoms with E-state index in [0.717, 1.165) is 38.5 Å². The van der Waals surface area contributed by atoms with Crippen LogP contribution in [0.2, 0.25) is 0 Å². The van der Waals surface area contributed by atoms with Gasteiger partial charge in [-0.15, -0.1) is 0 Å². The Morgan fingerprint density at radius 3 is 2.15 bits per heavy atom. The van der Waals surface area contributed by atoms with Crippen LogP contribution in [0.3, 0.4) is 0 Å². The first-order chi connectivity index (χ1) is 9.62. The van der Waals surface area contributed by atoms with Gasteiger partial charge in [0.2, 0.25) is 11.8 Å².